The summed E-state index contributed by atoms with van der Waals surface area (Å²) in [6.45, 7) is 3.68. The molecule has 0 aromatic heterocycles. The van der Waals surface area contributed by atoms with Gasteiger partial charge in [0.05, 0.1) is 17.6 Å². The van der Waals surface area contributed by atoms with Gasteiger partial charge in [0.1, 0.15) is 0 Å². The Morgan fingerprint density at radius 3 is 2.41 bits per heavy atom. The molecule has 1 amide bonds. The smallest absolute Gasteiger partial charge is 0.339 e. The van der Waals surface area contributed by atoms with E-state index in [1.54, 1.807) is 24.3 Å². The monoisotopic (exact) mass is 372 g/mol. The minimum Gasteiger partial charge on any atom is -0.490 e. The van der Waals surface area contributed by atoms with Crippen molar-refractivity contribution in [3.8, 4) is 5.75 Å². The zero-order chi connectivity index (χ0) is 20.0. The van der Waals surface area contributed by atoms with E-state index in [4.69, 9.17) is 9.47 Å². The van der Waals surface area contributed by atoms with Crippen LogP contribution in [-0.2, 0) is 9.53 Å². The number of esters is 1. The molecule has 1 atom stereocenters. The lowest BCUT2D eigenvalue weighted by molar-refractivity contribution is -0.385. The molecule has 0 spiro atoms. The van der Waals surface area contributed by atoms with Gasteiger partial charge in [0.15, 0.2) is 11.9 Å². The van der Waals surface area contributed by atoms with Gasteiger partial charge in [-0.3, -0.25) is 14.9 Å². The van der Waals surface area contributed by atoms with E-state index < -0.39 is 17.0 Å². The predicted octanol–water partition coefficient (Wildman–Crippen LogP) is 3.20. The first kappa shape index (κ1) is 19.9. The standard InChI is InChI=1S/C19H20N2O6/c1-4-20(15-8-6-5-7-9-15)18(22)13(2)27-19(23)14-10-11-17(26-3)16(12-14)21(24)25/h5-13H,4H2,1-3H3/t13-/m1/s1. The predicted molar refractivity (Wildman–Crippen MR) is 99.0 cm³/mol. The highest BCUT2D eigenvalue weighted by Gasteiger charge is 2.26. The summed E-state index contributed by atoms with van der Waals surface area (Å²) < 4.78 is 10.1. The number of hydrogen-bond acceptors (Lipinski definition) is 6. The summed E-state index contributed by atoms with van der Waals surface area (Å²) in [6, 6.07) is 12.7. The summed E-state index contributed by atoms with van der Waals surface area (Å²) in [7, 11) is 1.30. The molecule has 0 aliphatic carbocycles. The van der Waals surface area contributed by atoms with Crippen LogP contribution in [-0.4, -0.2) is 36.6 Å². The molecular formula is C19H20N2O6. The first-order valence-corrected chi connectivity index (χ1v) is 8.28. The second-order valence-electron chi connectivity index (χ2n) is 5.61. The minimum absolute atomic E-state index is 0.0295. The molecule has 142 valence electrons. The van der Waals surface area contributed by atoms with Crippen LogP contribution in [0, 0.1) is 10.1 Å². The number of likely N-dealkylation sites (N-methyl/N-ethyl adjacent to an activating group) is 1. The number of nitrogens with zero attached hydrogens (tertiary/aromatic N) is 2. The molecule has 0 N–H and O–H groups in total. The number of amides is 1. The fourth-order valence-electron chi connectivity index (χ4n) is 2.53. The second-order valence-corrected chi connectivity index (χ2v) is 5.61. The van der Waals surface area contributed by atoms with Gasteiger partial charge in [-0.1, -0.05) is 18.2 Å². The second kappa shape index (κ2) is 8.79. The molecule has 2 rings (SSSR count). The van der Waals surface area contributed by atoms with E-state index in [0.717, 1.165) is 6.07 Å². The maximum Gasteiger partial charge on any atom is 0.339 e. The lowest BCUT2D eigenvalue weighted by Gasteiger charge is -2.24. The Morgan fingerprint density at radius 2 is 1.85 bits per heavy atom. The van der Waals surface area contributed by atoms with Crippen molar-refractivity contribution >= 4 is 23.3 Å². The first-order valence-electron chi connectivity index (χ1n) is 8.28. The van der Waals surface area contributed by atoms with Crippen molar-refractivity contribution in [2.24, 2.45) is 0 Å². The van der Waals surface area contributed by atoms with Crippen molar-refractivity contribution in [1.82, 2.24) is 0 Å². The van der Waals surface area contributed by atoms with Crippen molar-refractivity contribution in [3.05, 3.63) is 64.2 Å². The van der Waals surface area contributed by atoms with E-state index in [1.807, 2.05) is 13.0 Å². The Labute approximate surface area is 156 Å². The molecule has 2 aromatic carbocycles. The van der Waals surface area contributed by atoms with Crippen molar-refractivity contribution in [2.75, 3.05) is 18.6 Å². The van der Waals surface area contributed by atoms with Crippen molar-refractivity contribution in [3.63, 3.8) is 0 Å². The molecule has 0 aliphatic rings. The van der Waals surface area contributed by atoms with Crippen LogP contribution >= 0.6 is 0 Å². The van der Waals surface area contributed by atoms with Crippen LogP contribution < -0.4 is 9.64 Å². The number of nitro groups is 1. The van der Waals surface area contributed by atoms with Gasteiger partial charge in [0.25, 0.3) is 5.91 Å². The lowest BCUT2D eigenvalue weighted by Crippen LogP contribution is -2.40. The third kappa shape index (κ3) is 4.60. The molecule has 0 heterocycles. The van der Waals surface area contributed by atoms with Gasteiger partial charge in [0.2, 0.25) is 0 Å². The quantitative estimate of drug-likeness (QED) is 0.420. The summed E-state index contributed by atoms with van der Waals surface area (Å²) in [6.07, 6.45) is -1.06. The van der Waals surface area contributed by atoms with Gasteiger partial charge in [-0.2, -0.15) is 0 Å². The number of rotatable bonds is 7. The SMILES string of the molecule is CCN(C(=O)[C@@H](C)OC(=O)c1ccc(OC)c([N+](=O)[O-])c1)c1ccccc1. The topological polar surface area (TPSA) is 99.0 Å². The molecule has 0 radical (unpaired) electrons. The Bertz CT molecular complexity index is 837. The maximum atomic E-state index is 12.6. The van der Waals surface area contributed by atoms with E-state index in [-0.39, 0.29) is 22.9 Å². The Morgan fingerprint density at radius 1 is 1.19 bits per heavy atom. The van der Waals surface area contributed by atoms with Crippen molar-refractivity contribution < 1.29 is 24.0 Å². The largest absolute Gasteiger partial charge is 0.490 e. The van der Waals surface area contributed by atoms with Crippen LogP contribution in [0.2, 0.25) is 0 Å². The summed E-state index contributed by atoms with van der Waals surface area (Å²) >= 11 is 0. The third-order valence-electron chi connectivity index (χ3n) is 3.89. The third-order valence-corrected chi connectivity index (χ3v) is 3.89. The number of carbonyl (C=O) groups is 2. The average Bonchev–Trinajstić information content (AvgIpc) is 2.68. The zero-order valence-corrected chi connectivity index (χ0v) is 15.2. The molecule has 0 fully saturated rings. The Hall–Kier alpha value is -3.42. The van der Waals surface area contributed by atoms with E-state index >= 15 is 0 Å². The van der Waals surface area contributed by atoms with Gasteiger partial charge in [0, 0.05) is 18.3 Å². The zero-order valence-electron chi connectivity index (χ0n) is 15.2. The average molecular weight is 372 g/mol. The van der Waals surface area contributed by atoms with Gasteiger partial charge in [-0.25, -0.2) is 4.79 Å². The Balaban J connectivity index is 2.16. The fraction of sp³-hybridized carbons (Fsp3) is 0.263. The number of nitro benzene ring substituents is 1. The van der Waals surface area contributed by atoms with Gasteiger partial charge >= 0.3 is 11.7 Å². The van der Waals surface area contributed by atoms with Crippen LogP contribution in [0.5, 0.6) is 5.75 Å². The minimum atomic E-state index is -1.06. The highest BCUT2D eigenvalue weighted by molar-refractivity contribution is 5.99. The lowest BCUT2D eigenvalue weighted by atomic mass is 10.2. The first-order chi connectivity index (χ1) is 12.9. The summed E-state index contributed by atoms with van der Waals surface area (Å²) in [4.78, 5) is 36.9. The number of hydrogen-bond donors (Lipinski definition) is 0. The van der Waals surface area contributed by atoms with E-state index in [9.17, 15) is 19.7 Å². The number of ether oxygens (including phenoxy) is 2. The van der Waals surface area contributed by atoms with Crippen LogP contribution in [0.25, 0.3) is 0 Å². The number of carbonyl (C=O) groups excluding carboxylic acids is 2. The molecule has 2 aromatic rings. The summed E-state index contributed by atoms with van der Waals surface area (Å²) in [5.41, 5.74) is 0.295. The molecule has 0 unspecified atom stereocenters. The van der Waals surface area contributed by atoms with Crippen LogP contribution in [0.4, 0.5) is 11.4 Å². The highest BCUT2D eigenvalue weighted by Crippen LogP contribution is 2.28. The fourth-order valence-corrected chi connectivity index (χ4v) is 2.53. The molecule has 0 saturated carbocycles. The van der Waals surface area contributed by atoms with Crippen LogP contribution in [0.1, 0.15) is 24.2 Å². The summed E-state index contributed by atoms with van der Waals surface area (Å²) in [5, 5.41) is 11.1. The van der Waals surface area contributed by atoms with Gasteiger partial charge in [-0.05, 0) is 38.1 Å². The molecule has 0 bridgehead atoms. The normalized spacial score (nSPS) is 11.4. The number of methoxy groups -OCH3 is 1. The highest BCUT2D eigenvalue weighted by atomic mass is 16.6. The van der Waals surface area contributed by atoms with Crippen molar-refractivity contribution in [2.45, 2.75) is 20.0 Å². The number of para-hydroxylation sites is 1. The molecule has 0 saturated heterocycles. The number of benzene rings is 2. The van der Waals surface area contributed by atoms with Crippen LogP contribution in [0.3, 0.4) is 0 Å². The molecule has 8 nitrogen and oxygen atoms in total. The number of anilines is 1. The van der Waals surface area contributed by atoms with E-state index in [2.05, 4.69) is 0 Å². The molecular weight excluding hydrogens is 352 g/mol. The maximum absolute atomic E-state index is 12.6. The molecule has 0 aliphatic heterocycles. The molecule has 27 heavy (non-hydrogen) atoms. The Kier molecular flexibility index (Phi) is 6.48. The van der Waals surface area contributed by atoms with E-state index in [0.29, 0.717) is 12.2 Å². The van der Waals surface area contributed by atoms with Gasteiger partial charge in [-0.15, -0.1) is 0 Å². The van der Waals surface area contributed by atoms with Crippen molar-refractivity contribution in [1.29, 1.82) is 0 Å². The molecule has 8 heteroatoms. The van der Waals surface area contributed by atoms with Gasteiger partial charge < -0.3 is 14.4 Å². The van der Waals surface area contributed by atoms with E-state index in [1.165, 1.54) is 31.1 Å². The summed E-state index contributed by atoms with van der Waals surface area (Å²) in [5.74, 6) is -1.19. The van der Waals surface area contributed by atoms with Crippen LogP contribution in [0.15, 0.2) is 48.5 Å².